The number of nitrogens with two attached hydrogens (primary N) is 2. The van der Waals surface area contributed by atoms with Crippen molar-refractivity contribution in [2.75, 3.05) is 11.1 Å². The van der Waals surface area contributed by atoms with Gasteiger partial charge < -0.3 is 11.1 Å². The lowest BCUT2D eigenvalue weighted by molar-refractivity contribution is 0.102. The molecule has 178 valence electrons. The molecule has 1 amide bonds. The molecule has 0 aliphatic rings. The first kappa shape index (κ1) is 24.5. The number of carbonyl (C=O) groups is 1. The zero-order valence-electron chi connectivity index (χ0n) is 17.9. The third-order valence-electron chi connectivity index (χ3n) is 5.21. The fourth-order valence-corrected chi connectivity index (χ4v) is 4.39. The minimum absolute atomic E-state index is 0.0501. The van der Waals surface area contributed by atoms with Gasteiger partial charge in [-0.25, -0.2) is 22.3 Å². The van der Waals surface area contributed by atoms with E-state index in [4.69, 9.17) is 10.9 Å². The van der Waals surface area contributed by atoms with E-state index in [9.17, 15) is 22.0 Å². The van der Waals surface area contributed by atoms with Crippen LogP contribution in [-0.2, 0) is 10.0 Å². The highest BCUT2D eigenvalue weighted by molar-refractivity contribution is 9.10. The predicted octanol–water partition coefficient (Wildman–Crippen LogP) is 5.54. The average Bonchev–Trinajstić information content (AvgIpc) is 2.80. The number of amides is 1. The average molecular weight is 558 g/mol. The van der Waals surface area contributed by atoms with Crippen LogP contribution in [0.25, 0.3) is 22.3 Å². The number of anilines is 2. The van der Waals surface area contributed by atoms with Gasteiger partial charge in [0.15, 0.2) is 11.6 Å². The van der Waals surface area contributed by atoms with E-state index in [1.807, 2.05) is 0 Å². The molecular formula is C25H18BrF2N3O3S. The van der Waals surface area contributed by atoms with Crippen LogP contribution in [0.2, 0.25) is 0 Å². The lowest BCUT2D eigenvalue weighted by Crippen LogP contribution is -2.13. The van der Waals surface area contributed by atoms with Crippen molar-refractivity contribution in [3.05, 3.63) is 101 Å². The molecule has 0 aliphatic heterocycles. The fraction of sp³-hybridized carbons (Fsp3) is 0. The Morgan fingerprint density at radius 3 is 2.11 bits per heavy atom. The van der Waals surface area contributed by atoms with Gasteiger partial charge in [0.1, 0.15) is 0 Å². The van der Waals surface area contributed by atoms with Gasteiger partial charge in [0, 0.05) is 33.0 Å². The maximum Gasteiger partial charge on any atom is 0.255 e. The minimum atomic E-state index is -3.87. The summed E-state index contributed by atoms with van der Waals surface area (Å²) < 4.78 is 50.9. The first-order chi connectivity index (χ1) is 16.5. The molecule has 10 heteroatoms. The van der Waals surface area contributed by atoms with E-state index in [0.29, 0.717) is 27.9 Å². The number of rotatable bonds is 5. The summed E-state index contributed by atoms with van der Waals surface area (Å²) in [5, 5.41) is 7.74. The van der Waals surface area contributed by atoms with Crippen LogP contribution in [0.4, 0.5) is 20.2 Å². The summed E-state index contributed by atoms with van der Waals surface area (Å²) >= 11 is 3.37. The standard InChI is InChI=1S/C25H18BrF2N3O3S/c26-18-3-7-21(24(29)12-18)16-9-15(14-1-5-20(6-2-14)35(30,33)34)10-17(11-16)25(32)31-19-4-8-22(27)23(28)13-19/h1-13H,29H2,(H,31,32)(H2,30,33,34). The number of sulfonamides is 1. The molecule has 0 atom stereocenters. The first-order valence-corrected chi connectivity index (χ1v) is 12.5. The Kier molecular flexibility index (Phi) is 6.70. The molecule has 0 fully saturated rings. The third kappa shape index (κ3) is 5.56. The van der Waals surface area contributed by atoms with Crippen molar-refractivity contribution >= 4 is 43.2 Å². The highest BCUT2D eigenvalue weighted by atomic mass is 79.9. The topological polar surface area (TPSA) is 115 Å². The summed E-state index contributed by atoms with van der Waals surface area (Å²) in [5.74, 6) is -2.67. The van der Waals surface area contributed by atoms with Crippen LogP contribution in [0.5, 0.6) is 0 Å². The smallest absolute Gasteiger partial charge is 0.255 e. The van der Waals surface area contributed by atoms with E-state index in [1.54, 1.807) is 48.5 Å². The van der Waals surface area contributed by atoms with Crippen molar-refractivity contribution in [1.29, 1.82) is 0 Å². The first-order valence-electron chi connectivity index (χ1n) is 10.1. The SMILES string of the molecule is Nc1cc(Br)ccc1-c1cc(C(=O)Nc2ccc(F)c(F)c2)cc(-c2ccc(S(N)(=O)=O)cc2)c1. The summed E-state index contributed by atoms with van der Waals surface area (Å²) in [6.45, 7) is 0. The molecule has 0 saturated carbocycles. The highest BCUT2D eigenvalue weighted by Crippen LogP contribution is 2.33. The number of carbonyl (C=O) groups excluding carboxylic acids is 1. The van der Waals surface area contributed by atoms with Gasteiger partial charge in [0.05, 0.1) is 4.90 Å². The fourth-order valence-electron chi connectivity index (χ4n) is 3.49. The van der Waals surface area contributed by atoms with Crippen LogP contribution in [0, 0.1) is 11.6 Å². The Balaban J connectivity index is 1.80. The minimum Gasteiger partial charge on any atom is -0.398 e. The lowest BCUT2D eigenvalue weighted by Gasteiger charge is -2.13. The number of nitrogen functional groups attached to an aromatic ring is 1. The Morgan fingerprint density at radius 2 is 1.49 bits per heavy atom. The van der Waals surface area contributed by atoms with Crippen LogP contribution in [-0.4, -0.2) is 14.3 Å². The Labute approximate surface area is 208 Å². The molecule has 0 spiro atoms. The van der Waals surface area contributed by atoms with Crippen LogP contribution in [0.1, 0.15) is 10.4 Å². The molecule has 4 aromatic rings. The molecule has 0 saturated heterocycles. The van der Waals surface area contributed by atoms with Gasteiger partial charge in [-0.1, -0.05) is 34.1 Å². The molecule has 4 aromatic carbocycles. The zero-order valence-corrected chi connectivity index (χ0v) is 20.3. The van der Waals surface area contributed by atoms with E-state index in [0.717, 1.165) is 16.6 Å². The van der Waals surface area contributed by atoms with Crippen molar-refractivity contribution in [3.8, 4) is 22.3 Å². The van der Waals surface area contributed by atoms with E-state index in [1.165, 1.54) is 18.2 Å². The summed E-state index contributed by atoms with van der Waals surface area (Å²) in [4.78, 5) is 13.0. The zero-order chi connectivity index (χ0) is 25.3. The van der Waals surface area contributed by atoms with E-state index in [2.05, 4.69) is 21.2 Å². The Bertz CT molecular complexity index is 1560. The molecule has 6 nitrogen and oxygen atoms in total. The van der Waals surface area contributed by atoms with Crippen LogP contribution < -0.4 is 16.2 Å². The number of hydrogen-bond donors (Lipinski definition) is 3. The quantitative estimate of drug-likeness (QED) is 0.279. The Morgan fingerprint density at radius 1 is 0.800 bits per heavy atom. The molecule has 0 unspecified atom stereocenters. The molecule has 0 aliphatic carbocycles. The molecule has 0 bridgehead atoms. The van der Waals surface area contributed by atoms with Crippen LogP contribution >= 0.6 is 15.9 Å². The molecule has 0 radical (unpaired) electrons. The van der Waals surface area contributed by atoms with E-state index < -0.39 is 27.6 Å². The van der Waals surface area contributed by atoms with Gasteiger partial charge in [0.2, 0.25) is 10.0 Å². The largest absolute Gasteiger partial charge is 0.398 e. The maximum absolute atomic E-state index is 13.6. The van der Waals surface area contributed by atoms with Crippen molar-refractivity contribution in [2.45, 2.75) is 4.90 Å². The van der Waals surface area contributed by atoms with Gasteiger partial charge in [-0.3, -0.25) is 4.79 Å². The third-order valence-corrected chi connectivity index (χ3v) is 6.64. The van der Waals surface area contributed by atoms with Crippen molar-refractivity contribution in [2.24, 2.45) is 5.14 Å². The van der Waals surface area contributed by atoms with E-state index in [-0.39, 0.29) is 16.1 Å². The number of halogens is 3. The predicted molar refractivity (Wildman–Crippen MR) is 135 cm³/mol. The van der Waals surface area contributed by atoms with Gasteiger partial charge >= 0.3 is 0 Å². The second kappa shape index (κ2) is 9.57. The molecule has 0 aromatic heterocycles. The lowest BCUT2D eigenvalue weighted by atomic mass is 9.95. The number of benzene rings is 4. The summed E-state index contributed by atoms with van der Waals surface area (Å²) in [6.07, 6.45) is 0. The van der Waals surface area contributed by atoms with Crippen molar-refractivity contribution in [3.63, 3.8) is 0 Å². The molecule has 5 N–H and O–H groups in total. The summed E-state index contributed by atoms with van der Waals surface area (Å²) in [5.41, 5.74) is 9.48. The molecule has 0 heterocycles. The Hall–Kier alpha value is -3.60. The van der Waals surface area contributed by atoms with Gasteiger partial charge in [-0.2, -0.15) is 0 Å². The van der Waals surface area contributed by atoms with Crippen molar-refractivity contribution in [1.82, 2.24) is 0 Å². The van der Waals surface area contributed by atoms with E-state index >= 15 is 0 Å². The second-order valence-electron chi connectivity index (χ2n) is 7.68. The monoisotopic (exact) mass is 557 g/mol. The van der Waals surface area contributed by atoms with Crippen LogP contribution in [0.15, 0.2) is 88.2 Å². The molecule has 4 rings (SSSR count). The van der Waals surface area contributed by atoms with Gasteiger partial charge in [0.25, 0.3) is 5.91 Å². The number of primary sulfonamides is 1. The van der Waals surface area contributed by atoms with Gasteiger partial charge in [-0.15, -0.1) is 0 Å². The maximum atomic E-state index is 13.6. The number of nitrogens with one attached hydrogen (secondary N) is 1. The summed E-state index contributed by atoms with van der Waals surface area (Å²) in [7, 11) is -3.87. The number of hydrogen-bond acceptors (Lipinski definition) is 4. The highest BCUT2D eigenvalue weighted by Gasteiger charge is 2.15. The molecular weight excluding hydrogens is 540 g/mol. The second-order valence-corrected chi connectivity index (χ2v) is 10.2. The molecule has 35 heavy (non-hydrogen) atoms. The normalized spacial score (nSPS) is 11.3. The van der Waals surface area contributed by atoms with Crippen molar-refractivity contribution < 1.29 is 22.0 Å². The summed E-state index contributed by atoms with van der Waals surface area (Å²) in [6, 6.07) is 19.3. The van der Waals surface area contributed by atoms with Crippen LogP contribution in [0.3, 0.4) is 0 Å². The van der Waals surface area contributed by atoms with Gasteiger partial charge in [-0.05, 0) is 71.3 Å².